The Balaban J connectivity index is 1.84. The van der Waals surface area contributed by atoms with Gasteiger partial charge in [-0.25, -0.2) is 0 Å². The third-order valence-electron chi connectivity index (χ3n) is 4.98. The number of nitrogens with one attached hydrogen (secondary N) is 1. The van der Waals surface area contributed by atoms with Gasteiger partial charge in [-0.2, -0.15) is 0 Å². The summed E-state index contributed by atoms with van der Waals surface area (Å²) in [5, 5.41) is 3.41. The van der Waals surface area contributed by atoms with Crippen molar-refractivity contribution in [2.45, 2.75) is 40.0 Å². The van der Waals surface area contributed by atoms with Crippen molar-refractivity contribution in [2.24, 2.45) is 17.6 Å². The number of hydrogen-bond donors (Lipinski definition) is 2. The Morgan fingerprint density at radius 1 is 1.31 bits per heavy atom. The molecular formula is C22H28N2O4S. The number of fused-ring (bicyclic) bond motifs is 1. The molecule has 156 valence electrons. The van der Waals surface area contributed by atoms with Crippen molar-refractivity contribution < 1.29 is 19.1 Å². The fraction of sp³-hybridized carbons (Fsp3) is 0.455. The van der Waals surface area contributed by atoms with E-state index >= 15 is 0 Å². The van der Waals surface area contributed by atoms with Crippen LogP contribution in [0.2, 0.25) is 0 Å². The molecule has 1 aromatic heterocycles. The van der Waals surface area contributed by atoms with Gasteiger partial charge in [0.15, 0.2) is 11.5 Å². The quantitative estimate of drug-likeness (QED) is 0.705. The molecule has 29 heavy (non-hydrogen) atoms. The molecule has 0 spiro atoms. The maximum Gasteiger partial charge on any atom is 0.256 e. The van der Waals surface area contributed by atoms with Gasteiger partial charge in [0, 0.05) is 10.4 Å². The second-order valence-corrected chi connectivity index (χ2v) is 9.05. The van der Waals surface area contributed by atoms with E-state index in [2.05, 4.69) is 26.1 Å². The van der Waals surface area contributed by atoms with E-state index in [0.717, 1.165) is 29.7 Å². The number of rotatable bonds is 7. The van der Waals surface area contributed by atoms with Crippen LogP contribution in [0, 0.1) is 11.8 Å². The lowest BCUT2D eigenvalue weighted by Crippen LogP contribution is -2.19. The number of thiophene rings is 1. The lowest BCUT2D eigenvalue weighted by Gasteiger charge is -2.18. The van der Waals surface area contributed by atoms with Gasteiger partial charge in [-0.1, -0.05) is 20.8 Å². The number of ether oxygens (including phenoxy) is 2. The van der Waals surface area contributed by atoms with Gasteiger partial charge in [0.2, 0.25) is 0 Å². The molecule has 1 aliphatic carbocycles. The number of anilines is 1. The average molecular weight is 417 g/mol. The number of primary amides is 1. The van der Waals surface area contributed by atoms with Crippen LogP contribution in [-0.4, -0.2) is 25.5 Å². The fourth-order valence-corrected chi connectivity index (χ4v) is 4.87. The van der Waals surface area contributed by atoms with Crippen LogP contribution in [0.3, 0.4) is 0 Å². The lowest BCUT2D eigenvalue weighted by atomic mass is 9.88. The molecule has 0 saturated carbocycles. The van der Waals surface area contributed by atoms with Crippen molar-refractivity contribution in [1.82, 2.24) is 0 Å². The van der Waals surface area contributed by atoms with E-state index in [1.807, 2.05) is 0 Å². The minimum atomic E-state index is -0.498. The minimum absolute atomic E-state index is 0.312. The number of amides is 2. The van der Waals surface area contributed by atoms with Crippen LogP contribution in [0.1, 0.15) is 58.3 Å². The second-order valence-electron chi connectivity index (χ2n) is 7.94. The Labute approximate surface area is 175 Å². The van der Waals surface area contributed by atoms with E-state index in [0.29, 0.717) is 46.1 Å². The molecule has 1 atom stereocenters. The van der Waals surface area contributed by atoms with Gasteiger partial charge in [-0.15, -0.1) is 11.3 Å². The number of carbonyl (C=O) groups is 2. The largest absolute Gasteiger partial charge is 0.493 e. The highest BCUT2D eigenvalue weighted by molar-refractivity contribution is 7.17. The molecule has 2 aromatic rings. The van der Waals surface area contributed by atoms with Crippen molar-refractivity contribution in [3.05, 3.63) is 39.8 Å². The molecule has 0 bridgehead atoms. The summed E-state index contributed by atoms with van der Waals surface area (Å²) in [4.78, 5) is 26.1. The summed E-state index contributed by atoms with van der Waals surface area (Å²) in [6.45, 7) is 6.88. The summed E-state index contributed by atoms with van der Waals surface area (Å²) in [6, 6.07) is 5.06. The average Bonchev–Trinajstić information content (AvgIpc) is 3.02. The molecule has 0 saturated heterocycles. The number of nitrogens with two attached hydrogens (primary N) is 1. The number of carbonyl (C=O) groups excluding carboxylic acids is 2. The van der Waals surface area contributed by atoms with Crippen LogP contribution < -0.4 is 20.5 Å². The van der Waals surface area contributed by atoms with Gasteiger partial charge in [0.25, 0.3) is 11.8 Å². The van der Waals surface area contributed by atoms with E-state index in [1.54, 1.807) is 25.3 Å². The van der Waals surface area contributed by atoms with Crippen LogP contribution in [-0.2, 0) is 12.8 Å². The van der Waals surface area contributed by atoms with Crippen molar-refractivity contribution in [3.63, 3.8) is 0 Å². The first-order chi connectivity index (χ1) is 13.8. The summed E-state index contributed by atoms with van der Waals surface area (Å²) in [7, 11) is 1.54. The topological polar surface area (TPSA) is 90.6 Å². The zero-order valence-corrected chi connectivity index (χ0v) is 18.2. The summed E-state index contributed by atoms with van der Waals surface area (Å²) in [6.07, 6.45) is 2.75. The Hall–Kier alpha value is -2.54. The standard InChI is InChI=1S/C22H28N2O4S/c1-12(2)11-28-16-8-6-14(10-17(16)27-4)21(26)24-22-19(20(23)25)15-7-5-13(3)9-18(15)29-22/h6,8,10,12-13H,5,7,9,11H2,1-4H3,(H2,23,25)(H,24,26)/t13-/m1/s1. The van der Waals surface area contributed by atoms with E-state index in [9.17, 15) is 9.59 Å². The molecule has 0 unspecified atom stereocenters. The van der Waals surface area contributed by atoms with Gasteiger partial charge in [0.1, 0.15) is 5.00 Å². The predicted octanol–water partition coefficient (Wildman–Crippen LogP) is 4.27. The van der Waals surface area contributed by atoms with E-state index in [1.165, 1.54) is 11.3 Å². The molecule has 0 radical (unpaired) electrons. The van der Waals surface area contributed by atoms with Crippen LogP contribution in [0.5, 0.6) is 11.5 Å². The Bertz CT molecular complexity index is 920. The van der Waals surface area contributed by atoms with Crippen molar-refractivity contribution in [3.8, 4) is 11.5 Å². The smallest absolute Gasteiger partial charge is 0.256 e. The lowest BCUT2D eigenvalue weighted by molar-refractivity contribution is 0.1000. The first kappa shape index (κ1) is 21.2. The van der Waals surface area contributed by atoms with E-state index in [-0.39, 0.29) is 5.91 Å². The summed E-state index contributed by atoms with van der Waals surface area (Å²) >= 11 is 1.45. The zero-order valence-electron chi connectivity index (χ0n) is 17.3. The van der Waals surface area contributed by atoms with Crippen LogP contribution in [0.4, 0.5) is 5.00 Å². The SMILES string of the molecule is COc1cc(C(=O)Nc2sc3c(c2C(N)=O)CC[C@@H](C)C3)ccc1OCC(C)C. The molecule has 0 fully saturated rings. The van der Waals surface area contributed by atoms with Crippen LogP contribution in [0.15, 0.2) is 18.2 Å². The van der Waals surface area contributed by atoms with Gasteiger partial charge in [-0.3, -0.25) is 9.59 Å². The van der Waals surface area contributed by atoms with Crippen LogP contribution >= 0.6 is 11.3 Å². The third kappa shape index (κ3) is 4.72. The highest BCUT2D eigenvalue weighted by Crippen LogP contribution is 2.39. The molecule has 1 aliphatic rings. The maximum absolute atomic E-state index is 12.9. The Morgan fingerprint density at radius 3 is 2.72 bits per heavy atom. The van der Waals surface area contributed by atoms with Crippen LogP contribution in [0.25, 0.3) is 0 Å². The van der Waals surface area contributed by atoms with Crippen molar-refractivity contribution >= 4 is 28.2 Å². The molecule has 2 amide bonds. The van der Waals surface area contributed by atoms with Crippen molar-refractivity contribution in [1.29, 1.82) is 0 Å². The van der Waals surface area contributed by atoms with E-state index < -0.39 is 5.91 Å². The van der Waals surface area contributed by atoms with Crippen molar-refractivity contribution in [2.75, 3.05) is 19.0 Å². The van der Waals surface area contributed by atoms with Gasteiger partial charge in [-0.05, 0) is 54.9 Å². The first-order valence-corrected chi connectivity index (χ1v) is 10.7. The first-order valence-electron chi connectivity index (χ1n) is 9.86. The normalized spacial score (nSPS) is 15.7. The fourth-order valence-electron chi connectivity index (χ4n) is 3.46. The summed E-state index contributed by atoms with van der Waals surface area (Å²) in [5.41, 5.74) is 7.50. The highest BCUT2D eigenvalue weighted by atomic mass is 32.1. The molecular weight excluding hydrogens is 388 g/mol. The van der Waals surface area contributed by atoms with E-state index in [4.69, 9.17) is 15.2 Å². The molecule has 0 aliphatic heterocycles. The number of hydrogen-bond acceptors (Lipinski definition) is 5. The molecule has 1 heterocycles. The monoisotopic (exact) mass is 416 g/mol. The molecule has 6 nitrogen and oxygen atoms in total. The minimum Gasteiger partial charge on any atom is -0.493 e. The zero-order chi connectivity index (χ0) is 21.1. The van der Waals surface area contributed by atoms with Gasteiger partial charge < -0.3 is 20.5 Å². The predicted molar refractivity (Wildman–Crippen MR) is 115 cm³/mol. The van der Waals surface area contributed by atoms with Gasteiger partial charge in [0.05, 0.1) is 19.3 Å². The maximum atomic E-state index is 12.9. The number of benzene rings is 1. The third-order valence-corrected chi connectivity index (χ3v) is 6.15. The number of methoxy groups -OCH3 is 1. The molecule has 1 aromatic carbocycles. The highest BCUT2D eigenvalue weighted by Gasteiger charge is 2.27. The summed E-state index contributed by atoms with van der Waals surface area (Å²) in [5.74, 6) is 1.22. The molecule has 7 heteroatoms. The Kier molecular flexibility index (Phi) is 6.47. The summed E-state index contributed by atoms with van der Waals surface area (Å²) < 4.78 is 11.1. The van der Waals surface area contributed by atoms with Gasteiger partial charge >= 0.3 is 0 Å². The second kappa shape index (κ2) is 8.86. The Morgan fingerprint density at radius 2 is 2.07 bits per heavy atom. The molecule has 3 rings (SSSR count). The molecule has 3 N–H and O–H groups in total.